The molecule has 170 valence electrons. The van der Waals surface area contributed by atoms with Crippen LogP contribution in [0.25, 0.3) is 0 Å². The molecule has 1 heterocycles. The monoisotopic (exact) mass is 439 g/mol. The highest BCUT2D eigenvalue weighted by Gasteiger charge is 2.52. The van der Waals surface area contributed by atoms with E-state index in [-0.39, 0.29) is 41.2 Å². The van der Waals surface area contributed by atoms with Crippen LogP contribution in [0.1, 0.15) is 47.0 Å². The summed E-state index contributed by atoms with van der Waals surface area (Å²) < 4.78 is 16.4. The molecule has 0 aromatic carbocycles. The molecule has 1 N–H and O–H groups in total. The van der Waals surface area contributed by atoms with E-state index in [1.165, 1.54) is 6.08 Å². The van der Waals surface area contributed by atoms with E-state index < -0.39 is 26.5 Å². The van der Waals surface area contributed by atoms with Gasteiger partial charge in [0, 0.05) is 18.4 Å². The molecule has 2 rings (SSSR count). The Kier molecular flexibility index (Phi) is 7.90. The number of Topliss-reactive ketones (excluding diaryl/α,β-unsaturated/α-hetero) is 1. The smallest absolute Gasteiger partial charge is 0.430 e. The van der Waals surface area contributed by atoms with Crippen LogP contribution in [0.15, 0.2) is 12.7 Å². The van der Waals surface area contributed by atoms with E-state index in [9.17, 15) is 14.4 Å². The summed E-state index contributed by atoms with van der Waals surface area (Å²) in [5, 5.41) is 2.95. The highest BCUT2D eigenvalue weighted by atomic mass is 28.4. The molecule has 1 saturated carbocycles. The number of carbonyl (C=O) groups excluding carboxylic acids is 3. The highest BCUT2D eigenvalue weighted by molar-refractivity contribution is 6.74. The lowest BCUT2D eigenvalue weighted by Gasteiger charge is -2.45. The fourth-order valence-electron chi connectivity index (χ4n) is 3.88. The van der Waals surface area contributed by atoms with E-state index in [0.717, 1.165) is 19.3 Å². The van der Waals surface area contributed by atoms with Gasteiger partial charge in [0.25, 0.3) is 0 Å². The molecular formula is C22H37NO6Si. The first-order chi connectivity index (χ1) is 13.9. The average Bonchev–Trinajstić information content (AvgIpc) is 2.62. The van der Waals surface area contributed by atoms with E-state index in [4.69, 9.17) is 13.9 Å². The van der Waals surface area contributed by atoms with Crippen molar-refractivity contribution in [3.05, 3.63) is 12.7 Å². The number of carbonyl (C=O) groups is 3. The second-order valence-corrected chi connectivity index (χ2v) is 14.8. The molecule has 0 bridgehead atoms. The molecule has 30 heavy (non-hydrogen) atoms. The van der Waals surface area contributed by atoms with Gasteiger partial charge in [-0.1, -0.05) is 39.8 Å². The number of amides is 1. The van der Waals surface area contributed by atoms with Gasteiger partial charge in [0.05, 0.1) is 12.0 Å². The number of hydrogen-bond acceptors (Lipinski definition) is 6. The largest absolute Gasteiger partial charge is 0.508 e. The Morgan fingerprint density at radius 1 is 1.30 bits per heavy atom. The molecule has 1 aliphatic heterocycles. The van der Waals surface area contributed by atoms with Crippen molar-refractivity contribution >= 4 is 26.2 Å². The third kappa shape index (κ3) is 5.52. The van der Waals surface area contributed by atoms with Gasteiger partial charge >= 0.3 is 6.16 Å². The van der Waals surface area contributed by atoms with Crippen LogP contribution >= 0.6 is 0 Å². The topological polar surface area (TPSA) is 90.9 Å². The summed E-state index contributed by atoms with van der Waals surface area (Å²) in [7, 11) is -1.93. The minimum Gasteiger partial charge on any atom is -0.430 e. The number of rotatable bonds is 8. The van der Waals surface area contributed by atoms with Crippen molar-refractivity contribution in [2.45, 2.75) is 77.2 Å². The molecule has 0 radical (unpaired) electrons. The van der Waals surface area contributed by atoms with Crippen LogP contribution < -0.4 is 5.32 Å². The maximum absolute atomic E-state index is 13.2. The maximum atomic E-state index is 13.2. The Bertz CT molecular complexity index is 671. The third-order valence-corrected chi connectivity index (χ3v) is 11.3. The van der Waals surface area contributed by atoms with Crippen LogP contribution in [-0.2, 0) is 23.5 Å². The second-order valence-electron chi connectivity index (χ2n) is 9.94. The zero-order valence-electron chi connectivity index (χ0n) is 19.2. The number of nitrogens with one attached hydrogen (secondary N) is 1. The lowest BCUT2D eigenvalue weighted by molar-refractivity contribution is -0.148. The fraction of sp³-hybridized carbons (Fsp3) is 0.773. The van der Waals surface area contributed by atoms with Gasteiger partial charge in [0.1, 0.15) is 18.5 Å². The lowest BCUT2D eigenvalue weighted by atomic mass is 9.69. The molecule has 7 nitrogen and oxygen atoms in total. The third-order valence-electron chi connectivity index (χ3n) is 6.83. The van der Waals surface area contributed by atoms with Gasteiger partial charge in [-0.2, -0.15) is 0 Å². The average molecular weight is 440 g/mol. The molecule has 2 fully saturated rings. The first kappa shape index (κ1) is 24.6. The van der Waals surface area contributed by atoms with Crippen LogP contribution in [0, 0.1) is 17.8 Å². The molecule has 1 saturated heterocycles. The Hall–Kier alpha value is -1.67. The zero-order chi connectivity index (χ0) is 22.7. The molecule has 2 aliphatic rings. The van der Waals surface area contributed by atoms with Gasteiger partial charge in [-0.25, -0.2) is 4.79 Å². The van der Waals surface area contributed by atoms with E-state index in [0.29, 0.717) is 6.61 Å². The van der Waals surface area contributed by atoms with Gasteiger partial charge in [-0.15, -0.1) is 0 Å². The van der Waals surface area contributed by atoms with Gasteiger partial charge in [0.2, 0.25) is 5.91 Å². The van der Waals surface area contributed by atoms with Crippen LogP contribution in [0.2, 0.25) is 18.1 Å². The molecule has 1 aliphatic carbocycles. The molecule has 0 aromatic rings. The fourth-order valence-corrected chi connectivity index (χ4v) is 4.93. The van der Waals surface area contributed by atoms with E-state index in [1.54, 1.807) is 6.92 Å². The minimum absolute atomic E-state index is 0.0445. The van der Waals surface area contributed by atoms with Crippen LogP contribution in [0.3, 0.4) is 0 Å². The van der Waals surface area contributed by atoms with Crippen molar-refractivity contribution < 1.29 is 28.3 Å². The van der Waals surface area contributed by atoms with Crippen molar-refractivity contribution in [3.8, 4) is 0 Å². The first-order valence-corrected chi connectivity index (χ1v) is 13.7. The van der Waals surface area contributed by atoms with Crippen molar-refractivity contribution in [2.24, 2.45) is 17.8 Å². The SMILES string of the molecule is C=CCOC(=O)O[C@H](C)[C@H]1C(=O)N[C@@H]1[C@H]1CCC[C@H](CO[Si](C)(C)C(C)(C)C)C1=O. The summed E-state index contributed by atoms with van der Waals surface area (Å²) in [6.07, 6.45) is 2.39. The normalized spacial score (nSPS) is 28.2. The molecule has 0 spiro atoms. The maximum Gasteiger partial charge on any atom is 0.508 e. The zero-order valence-corrected chi connectivity index (χ0v) is 20.2. The van der Waals surface area contributed by atoms with E-state index in [2.05, 4.69) is 45.8 Å². The number of β-lactam (4-membered cyclic amide) rings is 1. The molecule has 1 amide bonds. The highest BCUT2D eigenvalue weighted by Crippen LogP contribution is 2.39. The summed E-state index contributed by atoms with van der Waals surface area (Å²) >= 11 is 0. The van der Waals surface area contributed by atoms with Gasteiger partial charge in [-0.05, 0) is 37.9 Å². The van der Waals surface area contributed by atoms with Crippen molar-refractivity contribution in [3.63, 3.8) is 0 Å². The number of hydrogen-bond donors (Lipinski definition) is 1. The number of ether oxygens (including phenoxy) is 2. The first-order valence-electron chi connectivity index (χ1n) is 10.8. The Morgan fingerprint density at radius 2 is 1.97 bits per heavy atom. The summed E-state index contributed by atoms with van der Waals surface area (Å²) in [6.45, 7) is 16.5. The van der Waals surface area contributed by atoms with Gasteiger partial charge in [0.15, 0.2) is 8.32 Å². The predicted octanol–water partition coefficient (Wildman–Crippen LogP) is 3.84. The van der Waals surface area contributed by atoms with Crippen molar-refractivity contribution in [1.82, 2.24) is 5.32 Å². The Balaban J connectivity index is 1.99. The lowest BCUT2D eigenvalue weighted by Crippen LogP contribution is -2.67. The summed E-state index contributed by atoms with van der Waals surface area (Å²) in [4.78, 5) is 37.1. The van der Waals surface area contributed by atoms with Crippen molar-refractivity contribution in [1.29, 1.82) is 0 Å². The van der Waals surface area contributed by atoms with Crippen LogP contribution in [0.4, 0.5) is 4.79 Å². The van der Waals surface area contributed by atoms with Crippen molar-refractivity contribution in [2.75, 3.05) is 13.2 Å². The van der Waals surface area contributed by atoms with Crippen LogP contribution in [-0.4, -0.2) is 51.5 Å². The van der Waals surface area contributed by atoms with Gasteiger partial charge < -0.3 is 19.2 Å². The molecule has 0 aromatic heterocycles. The van der Waals surface area contributed by atoms with E-state index in [1.807, 2.05) is 0 Å². The second kappa shape index (κ2) is 9.64. The molecule has 5 atom stereocenters. The quantitative estimate of drug-likeness (QED) is 0.267. The van der Waals surface area contributed by atoms with Gasteiger partial charge in [-0.3, -0.25) is 9.59 Å². The van der Waals surface area contributed by atoms with Crippen LogP contribution in [0.5, 0.6) is 0 Å². The summed E-state index contributed by atoms with van der Waals surface area (Å²) in [5.41, 5.74) is 0. The minimum atomic E-state index is -1.93. The Labute approximate surface area is 181 Å². The Morgan fingerprint density at radius 3 is 2.53 bits per heavy atom. The number of ketones is 1. The standard InChI is InChI=1S/C22H37NO6Si/c1-8-12-27-21(26)29-14(2)17-18(23-20(17)25)16-11-9-10-15(19(16)24)13-28-30(6,7)22(3,4)5/h8,14-18H,1,9-13H2,2-7H3,(H,23,25)/t14-,15-,16-,17-,18-/m1/s1. The van der Waals surface area contributed by atoms with E-state index >= 15 is 0 Å². The summed E-state index contributed by atoms with van der Waals surface area (Å²) in [6, 6.07) is -0.317. The molecular weight excluding hydrogens is 402 g/mol. The molecule has 0 unspecified atom stereocenters. The molecule has 8 heteroatoms. The predicted molar refractivity (Wildman–Crippen MR) is 116 cm³/mol. The summed E-state index contributed by atoms with van der Waals surface area (Å²) in [5.74, 6) is -1.02.